The fraction of sp³-hybridized carbons (Fsp3) is 0.429. The Morgan fingerprint density at radius 1 is 1.33 bits per heavy atom. The highest BCUT2D eigenvalue weighted by molar-refractivity contribution is 5.84. The minimum atomic E-state index is 0.839. The fourth-order valence-corrected chi connectivity index (χ4v) is 2.42. The maximum atomic E-state index is 5.37. The third kappa shape index (κ3) is 2.21. The Balaban J connectivity index is 1.86. The molecule has 1 aromatic heterocycles. The first-order valence-electron chi connectivity index (χ1n) is 6.31. The van der Waals surface area contributed by atoms with Crippen LogP contribution in [0.3, 0.4) is 0 Å². The SMILES string of the molecule is COc1ccc2[nH]cc(CN3CCOCC3)c2c1. The Hall–Kier alpha value is -1.52. The number of ether oxygens (including phenoxy) is 2. The minimum absolute atomic E-state index is 0.839. The van der Waals surface area contributed by atoms with Gasteiger partial charge in [0.05, 0.1) is 20.3 Å². The number of benzene rings is 1. The van der Waals surface area contributed by atoms with Crippen LogP contribution in [0.25, 0.3) is 10.9 Å². The molecule has 4 nitrogen and oxygen atoms in total. The summed E-state index contributed by atoms with van der Waals surface area (Å²) < 4.78 is 10.7. The van der Waals surface area contributed by atoms with Crippen LogP contribution in [0.5, 0.6) is 5.75 Å². The zero-order valence-electron chi connectivity index (χ0n) is 10.6. The van der Waals surface area contributed by atoms with Crippen molar-refractivity contribution in [1.29, 1.82) is 0 Å². The number of nitrogens with zero attached hydrogens (tertiary/aromatic N) is 1. The number of aromatic nitrogens is 1. The molecule has 1 N–H and O–H groups in total. The van der Waals surface area contributed by atoms with E-state index in [2.05, 4.69) is 28.2 Å². The van der Waals surface area contributed by atoms with Gasteiger partial charge in [0.15, 0.2) is 0 Å². The second-order valence-electron chi connectivity index (χ2n) is 4.61. The van der Waals surface area contributed by atoms with E-state index < -0.39 is 0 Å². The van der Waals surface area contributed by atoms with Crippen LogP contribution in [0.15, 0.2) is 24.4 Å². The van der Waals surface area contributed by atoms with Gasteiger partial charge in [0.2, 0.25) is 0 Å². The summed E-state index contributed by atoms with van der Waals surface area (Å²) in [6.07, 6.45) is 2.10. The molecule has 1 fully saturated rings. The van der Waals surface area contributed by atoms with Crippen LogP contribution in [0, 0.1) is 0 Å². The van der Waals surface area contributed by atoms with Gasteiger partial charge in [-0.3, -0.25) is 4.90 Å². The maximum Gasteiger partial charge on any atom is 0.119 e. The van der Waals surface area contributed by atoms with Crippen molar-refractivity contribution in [1.82, 2.24) is 9.88 Å². The Kier molecular flexibility index (Phi) is 3.21. The van der Waals surface area contributed by atoms with Gasteiger partial charge in [-0.2, -0.15) is 0 Å². The van der Waals surface area contributed by atoms with Crippen molar-refractivity contribution in [2.45, 2.75) is 6.54 Å². The molecule has 0 unspecified atom stereocenters. The second kappa shape index (κ2) is 5.00. The molecule has 96 valence electrons. The Bertz CT molecular complexity index is 530. The molecular formula is C14H18N2O2. The molecule has 18 heavy (non-hydrogen) atoms. The van der Waals surface area contributed by atoms with E-state index in [-0.39, 0.29) is 0 Å². The number of aromatic amines is 1. The molecule has 4 heteroatoms. The molecular weight excluding hydrogens is 228 g/mol. The van der Waals surface area contributed by atoms with Crippen LogP contribution in [0.2, 0.25) is 0 Å². The number of hydrogen-bond acceptors (Lipinski definition) is 3. The summed E-state index contributed by atoms with van der Waals surface area (Å²) in [7, 11) is 1.70. The first-order valence-corrected chi connectivity index (χ1v) is 6.31. The van der Waals surface area contributed by atoms with E-state index in [0.29, 0.717) is 0 Å². The number of fused-ring (bicyclic) bond motifs is 1. The average molecular weight is 246 g/mol. The number of methoxy groups -OCH3 is 1. The third-order valence-electron chi connectivity index (χ3n) is 3.47. The predicted octanol–water partition coefficient (Wildman–Crippen LogP) is 2.01. The molecule has 1 aliphatic rings. The van der Waals surface area contributed by atoms with E-state index in [1.54, 1.807) is 7.11 Å². The van der Waals surface area contributed by atoms with Gasteiger partial charge in [0.1, 0.15) is 5.75 Å². The summed E-state index contributed by atoms with van der Waals surface area (Å²) in [4.78, 5) is 5.74. The van der Waals surface area contributed by atoms with Crippen LogP contribution >= 0.6 is 0 Å². The molecule has 2 aromatic rings. The summed E-state index contributed by atoms with van der Waals surface area (Å²) >= 11 is 0. The molecule has 1 aromatic carbocycles. The van der Waals surface area contributed by atoms with Gasteiger partial charge in [0, 0.05) is 36.7 Å². The molecule has 0 bridgehead atoms. The number of hydrogen-bond donors (Lipinski definition) is 1. The van der Waals surface area contributed by atoms with Crippen molar-refractivity contribution >= 4 is 10.9 Å². The van der Waals surface area contributed by atoms with Crippen LogP contribution in [-0.4, -0.2) is 43.3 Å². The van der Waals surface area contributed by atoms with E-state index in [1.807, 2.05) is 6.07 Å². The van der Waals surface area contributed by atoms with Gasteiger partial charge in [-0.15, -0.1) is 0 Å². The first-order chi connectivity index (χ1) is 8.86. The zero-order valence-corrected chi connectivity index (χ0v) is 10.6. The van der Waals surface area contributed by atoms with E-state index in [0.717, 1.165) is 38.6 Å². The Morgan fingerprint density at radius 2 is 2.17 bits per heavy atom. The van der Waals surface area contributed by atoms with Crippen molar-refractivity contribution in [3.8, 4) is 5.75 Å². The monoisotopic (exact) mass is 246 g/mol. The van der Waals surface area contributed by atoms with Gasteiger partial charge < -0.3 is 14.5 Å². The van der Waals surface area contributed by atoms with E-state index in [1.165, 1.54) is 16.5 Å². The van der Waals surface area contributed by atoms with E-state index in [4.69, 9.17) is 9.47 Å². The molecule has 2 heterocycles. The summed E-state index contributed by atoms with van der Waals surface area (Å²) in [6.45, 7) is 4.67. The Morgan fingerprint density at radius 3 is 2.94 bits per heavy atom. The molecule has 0 amide bonds. The topological polar surface area (TPSA) is 37.5 Å². The largest absolute Gasteiger partial charge is 0.497 e. The molecule has 0 saturated carbocycles. The fourth-order valence-electron chi connectivity index (χ4n) is 2.42. The van der Waals surface area contributed by atoms with Crippen molar-refractivity contribution < 1.29 is 9.47 Å². The van der Waals surface area contributed by atoms with E-state index in [9.17, 15) is 0 Å². The van der Waals surface area contributed by atoms with Gasteiger partial charge in [0.25, 0.3) is 0 Å². The number of rotatable bonds is 3. The third-order valence-corrected chi connectivity index (χ3v) is 3.47. The van der Waals surface area contributed by atoms with Crippen molar-refractivity contribution in [2.24, 2.45) is 0 Å². The standard InChI is InChI=1S/C14H18N2O2/c1-17-12-2-3-14-13(8-12)11(9-15-14)10-16-4-6-18-7-5-16/h2-3,8-9,15H,4-7,10H2,1H3. The maximum absolute atomic E-state index is 5.37. The second-order valence-corrected chi connectivity index (χ2v) is 4.61. The molecule has 1 aliphatic heterocycles. The molecule has 0 spiro atoms. The molecule has 0 atom stereocenters. The number of nitrogens with one attached hydrogen (secondary N) is 1. The highest BCUT2D eigenvalue weighted by atomic mass is 16.5. The predicted molar refractivity (Wildman–Crippen MR) is 70.9 cm³/mol. The quantitative estimate of drug-likeness (QED) is 0.900. The average Bonchev–Trinajstić information content (AvgIpc) is 2.82. The van der Waals surface area contributed by atoms with Crippen molar-refractivity contribution in [3.05, 3.63) is 30.0 Å². The lowest BCUT2D eigenvalue weighted by Gasteiger charge is -2.26. The van der Waals surface area contributed by atoms with Gasteiger partial charge in [-0.05, 0) is 23.8 Å². The lowest BCUT2D eigenvalue weighted by molar-refractivity contribution is 0.0343. The highest BCUT2D eigenvalue weighted by Crippen LogP contribution is 2.24. The van der Waals surface area contributed by atoms with Gasteiger partial charge >= 0.3 is 0 Å². The molecule has 0 aliphatic carbocycles. The molecule has 3 rings (SSSR count). The summed E-state index contributed by atoms with van der Waals surface area (Å²) in [6, 6.07) is 6.15. The molecule has 1 saturated heterocycles. The van der Waals surface area contributed by atoms with Crippen LogP contribution in [0.1, 0.15) is 5.56 Å². The molecule has 0 radical (unpaired) electrons. The summed E-state index contributed by atoms with van der Waals surface area (Å²) in [5.74, 6) is 0.908. The van der Waals surface area contributed by atoms with Crippen molar-refractivity contribution in [3.63, 3.8) is 0 Å². The van der Waals surface area contributed by atoms with Crippen LogP contribution in [-0.2, 0) is 11.3 Å². The normalized spacial score (nSPS) is 17.2. The summed E-state index contributed by atoms with van der Waals surface area (Å²) in [5, 5.41) is 1.25. The number of morpholine rings is 1. The lowest BCUT2D eigenvalue weighted by atomic mass is 10.1. The van der Waals surface area contributed by atoms with Crippen LogP contribution in [0.4, 0.5) is 0 Å². The highest BCUT2D eigenvalue weighted by Gasteiger charge is 2.13. The van der Waals surface area contributed by atoms with E-state index >= 15 is 0 Å². The summed E-state index contributed by atoms with van der Waals surface area (Å²) in [5.41, 5.74) is 2.49. The zero-order chi connectivity index (χ0) is 12.4. The van der Waals surface area contributed by atoms with Crippen molar-refractivity contribution in [2.75, 3.05) is 33.4 Å². The minimum Gasteiger partial charge on any atom is -0.497 e. The van der Waals surface area contributed by atoms with Gasteiger partial charge in [-0.1, -0.05) is 0 Å². The lowest BCUT2D eigenvalue weighted by Crippen LogP contribution is -2.35. The van der Waals surface area contributed by atoms with Crippen LogP contribution < -0.4 is 4.74 Å². The number of H-pyrrole nitrogens is 1. The van der Waals surface area contributed by atoms with Gasteiger partial charge in [-0.25, -0.2) is 0 Å². The Labute approximate surface area is 106 Å². The smallest absolute Gasteiger partial charge is 0.119 e. The first kappa shape index (κ1) is 11.6.